The third-order valence-corrected chi connectivity index (χ3v) is 5.55. The summed E-state index contributed by atoms with van der Waals surface area (Å²) in [4.78, 5) is 4.47. The highest BCUT2D eigenvalue weighted by atomic mass is 16.4. The van der Waals surface area contributed by atoms with Crippen LogP contribution in [0.3, 0.4) is 0 Å². The van der Waals surface area contributed by atoms with Crippen LogP contribution in [0, 0.1) is 0 Å². The molecule has 1 saturated carbocycles. The molecule has 1 aromatic carbocycles. The van der Waals surface area contributed by atoms with E-state index in [9.17, 15) is 15.3 Å². The van der Waals surface area contributed by atoms with Gasteiger partial charge >= 0.3 is 0 Å². The predicted molar refractivity (Wildman–Crippen MR) is 94.1 cm³/mol. The Kier molecular flexibility index (Phi) is 5.42. The Bertz CT molecular complexity index is 508. The Balaban J connectivity index is 1.57. The van der Waals surface area contributed by atoms with Crippen molar-refractivity contribution in [2.24, 2.45) is 0 Å². The second kappa shape index (κ2) is 7.37. The van der Waals surface area contributed by atoms with E-state index in [1.54, 1.807) is 0 Å². The fourth-order valence-corrected chi connectivity index (χ4v) is 3.87. The molecule has 4 N–H and O–H groups in total. The number of nitrogens with zero attached hydrogens (tertiary/aromatic N) is 2. The average Bonchev–Trinajstić information content (AvgIpc) is 2.61. The molecule has 0 aromatic heterocycles. The van der Waals surface area contributed by atoms with Gasteiger partial charge in [-0.3, -0.25) is 4.90 Å². The van der Waals surface area contributed by atoms with Gasteiger partial charge in [0, 0.05) is 44.5 Å². The van der Waals surface area contributed by atoms with E-state index < -0.39 is 17.8 Å². The lowest BCUT2D eigenvalue weighted by Crippen LogP contribution is -2.65. The van der Waals surface area contributed by atoms with E-state index in [0.717, 1.165) is 26.2 Å². The van der Waals surface area contributed by atoms with Crippen LogP contribution >= 0.6 is 0 Å². The van der Waals surface area contributed by atoms with Crippen LogP contribution in [0.15, 0.2) is 30.3 Å². The fraction of sp³-hybridized carbons (Fsp3) is 0.667. The summed E-state index contributed by atoms with van der Waals surface area (Å²) in [6.45, 7) is 3.70. The highest BCUT2D eigenvalue weighted by molar-refractivity contribution is 5.46. The van der Waals surface area contributed by atoms with Crippen molar-refractivity contribution in [1.29, 1.82) is 0 Å². The fourth-order valence-electron chi connectivity index (χ4n) is 3.87. The second-order valence-corrected chi connectivity index (χ2v) is 7.08. The van der Waals surface area contributed by atoms with Gasteiger partial charge in [-0.1, -0.05) is 18.2 Å². The highest BCUT2D eigenvalue weighted by Gasteiger charge is 2.48. The molecule has 3 rings (SSSR count). The molecular weight excluding hydrogens is 306 g/mol. The summed E-state index contributed by atoms with van der Waals surface area (Å²) in [5.41, 5.74) is -0.229. The maximum atomic E-state index is 10.9. The normalized spacial score (nSPS) is 35.2. The monoisotopic (exact) mass is 335 g/mol. The third kappa shape index (κ3) is 3.58. The van der Waals surface area contributed by atoms with Crippen molar-refractivity contribution in [2.45, 2.75) is 36.7 Å². The first kappa shape index (κ1) is 17.6. The molecule has 1 aromatic rings. The van der Waals surface area contributed by atoms with Crippen molar-refractivity contribution in [3.8, 4) is 0 Å². The molecule has 24 heavy (non-hydrogen) atoms. The molecule has 134 valence electrons. The number of aliphatic hydroxyl groups excluding tert-OH is 2. The van der Waals surface area contributed by atoms with E-state index in [0.29, 0.717) is 19.4 Å². The van der Waals surface area contributed by atoms with Gasteiger partial charge in [0.2, 0.25) is 0 Å². The van der Waals surface area contributed by atoms with E-state index in [-0.39, 0.29) is 6.04 Å². The van der Waals surface area contributed by atoms with Gasteiger partial charge in [-0.2, -0.15) is 0 Å². The lowest BCUT2D eigenvalue weighted by atomic mass is 9.77. The zero-order valence-corrected chi connectivity index (χ0v) is 14.3. The molecule has 2 fully saturated rings. The molecule has 2 aliphatic rings. The Morgan fingerprint density at radius 2 is 1.62 bits per heavy atom. The van der Waals surface area contributed by atoms with Crippen LogP contribution in [0.25, 0.3) is 0 Å². The minimum absolute atomic E-state index is 0.0465. The zero-order valence-electron chi connectivity index (χ0n) is 14.3. The number of para-hydroxylation sites is 1. The van der Waals surface area contributed by atoms with Gasteiger partial charge in [0.25, 0.3) is 0 Å². The molecular formula is C18H29N3O3. The van der Waals surface area contributed by atoms with Crippen molar-refractivity contribution in [1.82, 2.24) is 10.2 Å². The average molecular weight is 335 g/mol. The van der Waals surface area contributed by atoms with Crippen LogP contribution in [-0.4, -0.2) is 83.8 Å². The number of rotatable bonds is 4. The lowest BCUT2D eigenvalue weighted by Gasteiger charge is -2.47. The molecule has 0 bridgehead atoms. The molecule has 4 atom stereocenters. The molecule has 0 amide bonds. The van der Waals surface area contributed by atoms with Crippen LogP contribution in [0.5, 0.6) is 0 Å². The van der Waals surface area contributed by atoms with Crippen molar-refractivity contribution < 1.29 is 15.3 Å². The molecule has 0 spiro atoms. The van der Waals surface area contributed by atoms with Crippen molar-refractivity contribution in [3.63, 3.8) is 0 Å². The SMILES string of the molecule is CNC1C[C@@H](O)C(O)(CN2CCN(c3ccccc3)CC2)[C@@H](O)C1. The Morgan fingerprint density at radius 1 is 1.04 bits per heavy atom. The molecule has 1 heterocycles. The van der Waals surface area contributed by atoms with Crippen LogP contribution in [0.2, 0.25) is 0 Å². The van der Waals surface area contributed by atoms with E-state index in [1.807, 2.05) is 25.2 Å². The van der Waals surface area contributed by atoms with Crippen LogP contribution in [-0.2, 0) is 0 Å². The first-order chi connectivity index (χ1) is 11.5. The van der Waals surface area contributed by atoms with Crippen molar-refractivity contribution >= 4 is 5.69 Å². The van der Waals surface area contributed by atoms with Gasteiger partial charge in [0.05, 0.1) is 12.2 Å². The largest absolute Gasteiger partial charge is 0.390 e. The standard InChI is InChI=1S/C18H29N3O3/c1-19-14-11-16(22)18(24,17(23)12-14)13-20-7-9-21(10-8-20)15-5-3-2-4-6-15/h2-6,14,16-17,19,22-24H,7-13H2,1H3/t14?,16-,17+,18?. The Morgan fingerprint density at radius 3 is 2.17 bits per heavy atom. The number of hydrogen-bond donors (Lipinski definition) is 4. The smallest absolute Gasteiger partial charge is 0.129 e. The number of nitrogens with one attached hydrogen (secondary N) is 1. The van der Waals surface area contributed by atoms with E-state index in [2.05, 4.69) is 27.2 Å². The van der Waals surface area contributed by atoms with Gasteiger partial charge < -0.3 is 25.5 Å². The highest BCUT2D eigenvalue weighted by Crippen LogP contribution is 2.30. The second-order valence-electron chi connectivity index (χ2n) is 7.08. The molecule has 1 aliphatic carbocycles. The maximum Gasteiger partial charge on any atom is 0.129 e. The number of aliphatic hydroxyl groups is 3. The van der Waals surface area contributed by atoms with Gasteiger partial charge in [-0.25, -0.2) is 0 Å². The maximum absolute atomic E-state index is 10.9. The summed E-state index contributed by atoms with van der Waals surface area (Å²) in [5.74, 6) is 0. The van der Waals surface area contributed by atoms with Gasteiger partial charge in [-0.05, 0) is 32.0 Å². The number of anilines is 1. The summed E-state index contributed by atoms with van der Waals surface area (Å²) < 4.78 is 0. The molecule has 0 radical (unpaired) electrons. The van der Waals surface area contributed by atoms with E-state index in [4.69, 9.17) is 0 Å². The summed E-state index contributed by atoms with van der Waals surface area (Å²) in [5, 5.41) is 34.7. The van der Waals surface area contributed by atoms with Crippen LogP contribution in [0.1, 0.15) is 12.8 Å². The molecule has 1 aliphatic heterocycles. The quantitative estimate of drug-likeness (QED) is 0.602. The lowest BCUT2D eigenvalue weighted by molar-refractivity contribution is -0.182. The predicted octanol–water partition coefficient (Wildman–Crippen LogP) is -0.357. The minimum Gasteiger partial charge on any atom is -0.390 e. The summed E-state index contributed by atoms with van der Waals surface area (Å²) in [7, 11) is 1.82. The first-order valence-electron chi connectivity index (χ1n) is 8.81. The summed E-state index contributed by atoms with van der Waals surface area (Å²) >= 11 is 0. The van der Waals surface area contributed by atoms with Gasteiger partial charge in [0.1, 0.15) is 5.60 Å². The first-order valence-corrected chi connectivity index (χ1v) is 8.81. The minimum atomic E-state index is -1.44. The van der Waals surface area contributed by atoms with Crippen LogP contribution in [0.4, 0.5) is 5.69 Å². The number of benzene rings is 1. The molecule has 1 saturated heterocycles. The Labute approximate surface area is 143 Å². The number of hydrogen-bond acceptors (Lipinski definition) is 6. The summed E-state index contributed by atoms with van der Waals surface area (Å²) in [6, 6.07) is 10.4. The number of piperazine rings is 1. The van der Waals surface area contributed by atoms with Crippen LogP contribution < -0.4 is 10.2 Å². The van der Waals surface area contributed by atoms with Gasteiger partial charge in [0.15, 0.2) is 0 Å². The van der Waals surface area contributed by atoms with E-state index >= 15 is 0 Å². The Hall–Kier alpha value is -1.18. The zero-order chi connectivity index (χ0) is 17.2. The summed E-state index contributed by atoms with van der Waals surface area (Å²) in [6.07, 6.45) is -0.890. The number of β-amino-alcohol motifs (C(OH)–C–C–N with tert-alkyl or cyclic N) is 1. The van der Waals surface area contributed by atoms with Crippen molar-refractivity contribution in [3.05, 3.63) is 30.3 Å². The van der Waals surface area contributed by atoms with Gasteiger partial charge in [-0.15, -0.1) is 0 Å². The molecule has 6 nitrogen and oxygen atoms in total. The van der Waals surface area contributed by atoms with E-state index in [1.165, 1.54) is 5.69 Å². The molecule has 6 heteroatoms. The third-order valence-electron chi connectivity index (χ3n) is 5.55. The topological polar surface area (TPSA) is 79.2 Å². The molecule has 2 unspecified atom stereocenters. The van der Waals surface area contributed by atoms with Crippen molar-refractivity contribution in [2.75, 3.05) is 44.7 Å².